The van der Waals surface area contributed by atoms with Gasteiger partial charge in [-0.3, -0.25) is 4.90 Å². The third kappa shape index (κ3) is 5.53. The molecule has 2 aliphatic heterocycles. The van der Waals surface area contributed by atoms with E-state index in [9.17, 15) is 8.42 Å². The van der Waals surface area contributed by atoms with Gasteiger partial charge in [0.2, 0.25) is 11.8 Å². The highest BCUT2D eigenvalue weighted by atomic mass is 32.2. The molecule has 200 valence electrons. The Bertz CT molecular complexity index is 1590. The van der Waals surface area contributed by atoms with Crippen LogP contribution in [0.5, 0.6) is 5.88 Å². The van der Waals surface area contributed by atoms with Gasteiger partial charge in [0.25, 0.3) is 10.0 Å². The Morgan fingerprint density at radius 2 is 1.72 bits per heavy atom. The van der Waals surface area contributed by atoms with Crippen LogP contribution in [-0.4, -0.2) is 42.5 Å². The van der Waals surface area contributed by atoms with Gasteiger partial charge in [-0.25, -0.2) is 18.1 Å². The first kappa shape index (κ1) is 25.5. The van der Waals surface area contributed by atoms with Gasteiger partial charge in [0.1, 0.15) is 6.10 Å². The third-order valence-corrected chi connectivity index (χ3v) is 8.97. The van der Waals surface area contributed by atoms with E-state index in [-0.39, 0.29) is 22.9 Å². The van der Waals surface area contributed by atoms with Gasteiger partial charge < -0.3 is 4.74 Å². The molecule has 2 atom stereocenters. The summed E-state index contributed by atoms with van der Waals surface area (Å²) >= 11 is 0. The Balaban J connectivity index is 1.45. The Morgan fingerprint density at radius 3 is 2.51 bits per heavy atom. The Kier molecular flexibility index (Phi) is 6.83. The maximum atomic E-state index is 13.4. The molecule has 3 aromatic carbocycles. The van der Waals surface area contributed by atoms with Crippen LogP contribution in [0.4, 0.5) is 5.95 Å². The number of benzene rings is 3. The number of nitrogens with zero attached hydrogens (tertiary/aromatic N) is 3. The van der Waals surface area contributed by atoms with E-state index >= 15 is 0 Å². The normalized spacial score (nSPS) is 20.5. The van der Waals surface area contributed by atoms with Gasteiger partial charge in [-0.1, -0.05) is 60.7 Å². The molecule has 7 nitrogen and oxygen atoms in total. The molecular formula is C31H32N4O3S. The lowest BCUT2D eigenvalue weighted by atomic mass is 9.91. The fourth-order valence-corrected chi connectivity index (χ4v) is 6.76. The molecule has 2 aliphatic rings. The summed E-state index contributed by atoms with van der Waals surface area (Å²) in [5, 5.41) is 0. The Hall–Kier alpha value is -3.75. The van der Waals surface area contributed by atoms with E-state index in [1.807, 2.05) is 56.3 Å². The zero-order valence-corrected chi connectivity index (χ0v) is 23.0. The summed E-state index contributed by atoms with van der Waals surface area (Å²) in [5.74, 6) is 0.530. The summed E-state index contributed by atoms with van der Waals surface area (Å²) in [7, 11) is -3.89. The van der Waals surface area contributed by atoms with E-state index < -0.39 is 10.0 Å². The number of sulfonamides is 1. The van der Waals surface area contributed by atoms with E-state index in [2.05, 4.69) is 43.9 Å². The zero-order chi connectivity index (χ0) is 27.0. The van der Waals surface area contributed by atoms with Crippen LogP contribution >= 0.6 is 0 Å². The van der Waals surface area contributed by atoms with Crippen molar-refractivity contribution in [2.75, 3.05) is 17.8 Å². The molecule has 8 heteroatoms. The van der Waals surface area contributed by atoms with Crippen molar-refractivity contribution in [1.29, 1.82) is 0 Å². The fraction of sp³-hybridized carbons (Fsp3) is 0.290. The van der Waals surface area contributed by atoms with Gasteiger partial charge in [0, 0.05) is 24.7 Å². The zero-order valence-electron chi connectivity index (χ0n) is 22.2. The van der Waals surface area contributed by atoms with Gasteiger partial charge in [0.05, 0.1) is 10.6 Å². The Morgan fingerprint density at radius 1 is 0.949 bits per heavy atom. The molecule has 3 heterocycles. The number of nitrogens with one attached hydrogen (secondary N) is 1. The maximum absolute atomic E-state index is 13.4. The standard InChI is InChI=1S/C31H32N4O3S/c1-21-8-6-9-22(2)30(21)28-18-29-33-31(32-28)34-39(36,37)27-13-7-12-24(17-27)25-14-15-35(20-26(16-25)38-29)19-23-10-4-3-5-11-23/h3-13,17-18,25-26H,14-16,19-20H2,1-2H3,(H,32,33,34)/t25?,26-/m0/s1. The quantitative estimate of drug-likeness (QED) is 0.359. The highest BCUT2D eigenvalue weighted by Gasteiger charge is 2.29. The Labute approximate surface area is 229 Å². The van der Waals surface area contributed by atoms with Crippen LogP contribution in [0.2, 0.25) is 0 Å². The molecule has 0 radical (unpaired) electrons. The van der Waals surface area contributed by atoms with Crippen molar-refractivity contribution in [2.45, 2.75) is 50.2 Å². The number of anilines is 1. The summed E-state index contributed by atoms with van der Waals surface area (Å²) in [4.78, 5) is 11.8. The van der Waals surface area contributed by atoms with Crippen molar-refractivity contribution in [1.82, 2.24) is 14.9 Å². The number of fused-ring (bicyclic) bond motifs is 7. The van der Waals surface area contributed by atoms with Crippen LogP contribution in [0, 0.1) is 13.8 Å². The highest BCUT2D eigenvalue weighted by molar-refractivity contribution is 7.92. The largest absolute Gasteiger partial charge is 0.473 e. The van der Waals surface area contributed by atoms with Gasteiger partial charge >= 0.3 is 0 Å². The minimum atomic E-state index is -3.89. The number of hydrogen-bond donors (Lipinski definition) is 1. The fourth-order valence-electron chi connectivity index (χ4n) is 5.76. The summed E-state index contributed by atoms with van der Waals surface area (Å²) < 4.78 is 36.1. The molecule has 0 saturated carbocycles. The molecule has 1 N–H and O–H groups in total. The van der Waals surface area contributed by atoms with Crippen LogP contribution < -0.4 is 9.46 Å². The van der Waals surface area contributed by atoms with Crippen LogP contribution in [0.1, 0.15) is 41.0 Å². The monoisotopic (exact) mass is 540 g/mol. The van der Waals surface area contributed by atoms with Crippen LogP contribution in [0.15, 0.2) is 83.8 Å². The molecule has 0 spiro atoms. The number of hydrogen-bond acceptors (Lipinski definition) is 6. The molecule has 6 rings (SSSR count). The van der Waals surface area contributed by atoms with Gasteiger partial charge in [0.15, 0.2) is 0 Å². The molecular weight excluding hydrogens is 508 g/mol. The average molecular weight is 541 g/mol. The van der Waals surface area contributed by atoms with Crippen molar-refractivity contribution < 1.29 is 13.2 Å². The van der Waals surface area contributed by atoms with Crippen molar-refractivity contribution in [3.8, 4) is 17.1 Å². The molecule has 1 saturated heterocycles. The summed E-state index contributed by atoms with van der Waals surface area (Å²) in [6.45, 7) is 6.50. The molecule has 4 aromatic rings. The molecule has 6 bridgehead atoms. The highest BCUT2D eigenvalue weighted by Crippen LogP contribution is 2.34. The molecule has 1 unspecified atom stereocenters. The van der Waals surface area contributed by atoms with Crippen molar-refractivity contribution in [2.24, 2.45) is 0 Å². The smallest absolute Gasteiger partial charge is 0.264 e. The summed E-state index contributed by atoms with van der Waals surface area (Å²) in [6.07, 6.45) is 1.54. The summed E-state index contributed by atoms with van der Waals surface area (Å²) in [5.41, 5.74) is 5.94. The van der Waals surface area contributed by atoms with Gasteiger partial charge in [-0.15, -0.1) is 0 Å². The SMILES string of the molecule is Cc1cccc(C)c1-c1cc2nc(n1)NS(=O)(=O)c1cccc(c1)C1CCN(Cc3ccccc3)C[C@H](C1)O2. The molecule has 0 aliphatic carbocycles. The number of aryl methyl sites for hydroxylation is 2. The first-order chi connectivity index (χ1) is 18.8. The minimum Gasteiger partial charge on any atom is -0.473 e. The van der Waals surface area contributed by atoms with E-state index in [4.69, 9.17) is 4.74 Å². The second-order valence-electron chi connectivity index (χ2n) is 10.5. The second-order valence-corrected chi connectivity index (χ2v) is 12.2. The molecule has 0 amide bonds. The van der Waals surface area contributed by atoms with Gasteiger partial charge in [-0.2, -0.15) is 4.98 Å². The maximum Gasteiger partial charge on any atom is 0.264 e. The minimum absolute atomic E-state index is 0.00226. The number of rotatable bonds is 3. The van der Waals surface area contributed by atoms with Crippen molar-refractivity contribution in [3.05, 3.63) is 101 Å². The lowest BCUT2D eigenvalue weighted by Gasteiger charge is -2.25. The number of ether oxygens (including phenoxy) is 1. The third-order valence-electron chi connectivity index (χ3n) is 7.64. The molecule has 1 fully saturated rings. The van der Waals surface area contributed by atoms with Crippen molar-refractivity contribution in [3.63, 3.8) is 0 Å². The number of aromatic nitrogens is 2. The predicted molar refractivity (Wildman–Crippen MR) is 152 cm³/mol. The van der Waals surface area contributed by atoms with Gasteiger partial charge in [-0.05, 0) is 73.5 Å². The lowest BCUT2D eigenvalue weighted by Crippen LogP contribution is -2.34. The van der Waals surface area contributed by atoms with E-state index in [0.717, 1.165) is 54.7 Å². The van der Waals surface area contributed by atoms with E-state index in [1.165, 1.54) is 5.56 Å². The topological polar surface area (TPSA) is 84.4 Å². The van der Waals surface area contributed by atoms with E-state index in [0.29, 0.717) is 11.6 Å². The van der Waals surface area contributed by atoms with E-state index in [1.54, 1.807) is 12.1 Å². The second kappa shape index (κ2) is 10.4. The molecule has 1 aromatic heterocycles. The molecule has 39 heavy (non-hydrogen) atoms. The first-order valence-electron chi connectivity index (χ1n) is 13.4. The van der Waals surface area contributed by atoms with Crippen LogP contribution in [0.3, 0.4) is 0 Å². The van der Waals surface area contributed by atoms with Crippen molar-refractivity contribution >= 4 is 16.0 Å². The number of likely N-dealkylation sites (tertiary alicyclic amines) is 1. The van der Waals surface area contributed by atoms with Crippen LogP contribution in [0.25, 0.3) is 11.3 Å². The average Bonchev–Trinajstić information content (AvgIpc) is 3.10. The predicted octanol–water partition coefficient (Wildman–Crippen LogP) is 5.70. The first-order valence-corrected chi connectivity index (χ1v) is 14.8. The lowest BCUT2D eigenvalue weighted by molar-refractivity contribution is 0.132. The summed E-state index contributed by atoms with van der Waals surface area (Å²) in [6, 6.07) is 25.6. The van der Waals surface area contributed by atoms with Crippen LogP contribution in [-0.2, 0) is 16.6 Å².